The molecular weight excluding hydrogens is 299 g/mol. The first-order valence-electron chi connectivity index (χ1n) is 6.36. The number of hydrogen-bond acceptors (Lipinski definition) is 7. The van der Waals surface area contributed by atoms with Gasteiger partial charge in [0.05, 0.1) is 18.9 Å². The highest BCUT2D eigenvalue weighted by molar-refractivity contribution is 7.98. The number of halogens is 1. The third kappa shape index (κ3) is 4.13. The zero-order valence-corrected chi connectivity index (χ0v) is 13.1. The predicted octanol–water partition coefficient (Wildman–Crippen LogP) is 2.26. The molecule has 1 rings (SSSR count). The second-order valence-electron chi connectivity index (χ2n) is 3.89. The number of rotatable bonds is 6. The zero-order chi connectivity index (χ0) is 16.0. The van der Waals surface area contributed by atoms with Gasteiger partial charge in [-0.1, -0.05) is 11.8 Å². The van der Waals surface area contributed by atoms with Crippen LogP contribution in [0.25, 0.3) is 0 Å². The van der Waals surface area contributed by atoms with Crippen molar-refractivity contribution in [3.63, 3.8) is 0 Å². The number of nitrogens with zero attached hydrogens (tertiary/aromatic N) is 2. The maximum absolute atomic E-state index is 14.3. The molecule has 0 fully saturated rings. The fraction of sp³-hybridized carbons (Fsp3) is 0.538. The number of alkyl halides is 1. The Balaban J connectivity index is 3.34. The number of aryl methyl sites for hydroxylation is 1. The number of carbonyl (C=O) groups is 2. The molecule has 1 aromatic rings. The second-order valence-corrected chi connectivity index (χ2v) is 4.66. The summed E-state index contributed by atoms with van der Waals surface area (Å²) in [4.78, 5) is 31.5. The van der Waals surface area contributed by atoms with E-state index in [0.717, 1.165) is 0 Å². The fourth-order valence-corrected chi connectivity index (χ4v) is 2.04. The van der Waals surface area contributed by atoms with E-state index < -0.39 is 18.1 Å². The first kappa shape index (κ1) is 17.4. The van der Waals surface area contributed by atoms with Gasteiger partial charge in [-0.2, -0.15) is 0 Å². The van der Waals surface area contributed by atoms with Crippen molar-refractivity contribution in [3.8, 4) is 0 Å². The molecule has 0 aromatic carbocycles. The van der Waals surface area contributed by atoms with Gasteiger partial charge in [-0.05, 0) is 27.0 Å². The van der Waals surface area contributed by atoms with Crippen LogP contribution >= 0.6 is 11.8 Å². The Bertz CT molecular complexity index is 539. The number of aromatic nitrogens is 2. The van der Waals surface area contributed by atoms with Crippen LogP contribution in [-0.4, -0.2) is 41.4 Å². The fourth-order valence-electron chi connectivity index (χ4n) is 1.63. The molecule has 0 amide bonds. The third-order valence-electron chi connectivity index (χ3n) is 2.49. The molecule has 0 aliphatic carbocycles. The van der Waals surface area contributed by atoms with Gasteiger partial charge in [0.15, 0.2) is 5.16 Å². The lowest BCUT2D eigenvalue weighted by Gasteiger charge is -2.14. The van der Waals surface area contributed by atoms with Crippen LogP contribution in [0.2, 0.25) is 0 Å². The predicted molar refractivity (Wildman–Crippen MR) is 75.0 cm³/mol. The molecule has 0 radical (unpaired) electrons. The summed E-state index contributed by atoms with van der Waals surface area (Å²) < 4.78 is 23.8. The maximum atomic E-state index is 14.3. The Kier molecular flexibility index (Phi) is 6.54. The van der Waals surface area contributed by atoms with Gasteiger partial charge in [0.25, 0.3) is 0 Å². The van der Waals surface area contributed by atoms with E-state index in [0.29, 0.717) is 0 Å². The van der Waals surface area contributed by atoms with E-state index in [2.05, 4.69) is 14.7 Å². The monoisotopic (exact) mass is 316 g/mol. The molecule has 0 spiro atoms. The lowest BCUT2D eigenvalue weighted by atomic mass is 10.1. The third-order valence-corrected chi connectivity index (χ3v) is 3.04. The molecule has 0 aliphatic heterocycles. The summed E-state index contributed by atoms with van der Waals surface area (Å²) in [6.07, 6.45) is -0.447. The SMILES string of the molecule is CCOC(=O)c1c(C)nc(SC)nc1C(F)C(=O)OCC. The molecular formula is C13H17FN2O4S. The Morgan fingerprint density at radius 2 is 1.86 bits per heavy atom. The normalized spacial score (nSPS) is 11.9. The maximum Gasteiger partial charge on any atom is 0.347 e. The Labute approximate surface area is 126 Å². The van der Waals surface area contributed by atoms with E-state index in [1.54, 1.807) is 20.1 Å². The van der Waals surface area contributed by atoms with Gasteiger partial charge in [0, 0.05) is 0 Å². The van der Waals surface area contributed by atoms with Crippen molar-refractivity contribution in [1.29, 1.82) is 0 Å². The molecule has 1 heterocycles. The molecule has 1 atom stereocenters. The van der Waals surface area contributed by atoms with Crippen molar-refractivity contribution >= 4 is 23.7 Å². The summed E-state index contributed by atoms with van der Waals surface area (Å²) in [7, 11) is 0. The van der Waals surface area contributed by atoms with Gasteiger partial charge in [-0.25, -0.2) is 23.9 Å². The summed E-state index contributed by atoms with van der Waals surface area (Å²) in [6.45, 7) is 4.89. The van der Waals surface area contributed by atoms with Gasteiger partial charge in [-0.3, -0.25) is 0 Å². The van der Waals surface area contributed by atoms with Crippen molar-refractivity contribution in [2.45, 2.75) is 32.1 Å². The molecule has 0 saturated heterocycles. The minimum Gasteiger partial charge on any atom is -0.464 e. The van der Waals surface area contributed by atoms with E-state index in [1.807, 2.05) is 0 Å². The van der Waals surface area contributed by atoms with E-state index in [-0.39, 0.29) is 35.3 Å². The van der Waals surface area contributed by atoms with Crippen molar-refractivity contribution in [2.75, 3.05) is 19.5 Å². The zero-order valence-electron chi connectivity index (χ0n) is 12.3. The van der Waals surface area contributed by atoms with Gasteiger partial charge < -0.3 is 9.47 Å². The summed E-state index contributed by atoms with van der Waals surface area (Å²) in [5.74, 6) is -1.85. The van der Waals surface area contributed by atoms with E-state index in [9.17, 15) is 14.0 Å². The van der Waals surface area contributed by atoms with Crippen molar-refractivity contribution < 1.29 is 23.5 Å². The Morgan fingerprint density at radius 3 is 2.38 bits per heavy atom. The number of esters is 2. The quantitative estimate of drug-likeness (QED) is 0.452. The minimum absolute atomic E-state index is 0.0352. The Morgan fingerprint density at radius 1 is 1.24 bits per heavy atom. The largest absolute Gasteiger partial charge is 0.464 e. The first-order valence-corrected chi connectivity index (χ1v) is 7.59. The van der Waals surface area contributed by atoms with Crippen LogP contribution in [0.15, 0.2) is 5.16 Å². The molecule has 0 bridgehead atoms. The lowest BCUT2D eigenvalue weighted by molar-refractivity contribution is -0.149. The molecule has 0 saturated carbocycles. The standard InChI is InChI=1S/C13H17FN2O4S/c1-5-19-11(17)8-7(3)15-13(21-4)16-10(8)9(14)12(18)20-6-2/h9H,5-6H2,1-4H3. The van der Waals surface area contributed by atoms with Crippen molar-refractivity contribution in [1.82, 2.24) is 9.97 Å². The average Bonchev–Trinajstić information content (AvgIpc) is 2.45. The summed E-state index contributed by atoms with van der Waals surface area (Å²) in [5.41, 5.74) is -0.186. The van der Waals surface area contributed by atoms with Gasteiger partial charge in [-0.15, -0.1) is 0 Å². The highest BCUT2D eigenvalue weighted by Crippen LogP contribution is 2.26. The number of hydrogen-bond donors (Lipinski definition) is 0. The topological polar surface area (TPSA) is 78.4 Å². The molecule has 116 valence electrons. The van der Waals surface area contributed by atoms with Gasteiger partial charge in [0.2, 0.25) is 6.17 Å². The highest BCUT2D eigenvalue weighted by Gasteiger charge is 2.31. The first-order chi connectivity index (χ1) is 9.96. The summed E-state index contributed by atoms with van der Waals surface area (Å²) in [5, 5.41) is 0.266. The molecule has 8 heteroatoms. The van der Waals surface area contributed by atoms with Crippen LogP contribution in [0.3, 0.4) is 0 Å². The highest BCUT2D eigenvalue weighted by atomic mass is 32.2. The molecule has 1 unspecified atom stereocenters. The molecule has 6 nitrogen and oxygen atoms in total. The molecule has 0 N–H and O–H groups in total. The molecule has 21 heavy (non-hydrogen) atoms. The van der Waals surface area contributed by atoms with Gasteiger partial charge in [0.1, 0.15) is 11.3 Å². The van der Waals surface area contributed by atoms with E-state index in [4.69, 9.17) is 4.74 Å². The number of ether oxygens (including phenoxy) is 2. The van der Waals surface area contributed by atoms with Crippen LogP contribution in [0.4, 0.5) is 4.39 Å². The van der Waals surface area contributed by atoms with Crippen LogP contribution in [0, 0.1) is 6.92 Å². The van der Waals surface area contributed by atoms with Gasteiger partial charge >= 0.3 is 11.9 Å². The van der Waals surface area contributed by atoms with E-state index >= 15 is 0 Å². The smallest absolute Gasteiger partial charge is 0.347 e. The van der Waals surface area contributed by atoms with Crippen molar-refractivity contribution in [3.05, 3.63) is 17.0 Å². The second kappa shape index (κ2) is 7.92. The van der Waals surface area contributed by atoms with Crippen molar-refractivity contribution in [2.24, 2.45) is 0 Å². The molecule has 1 aromatic heterocycles. The van der Waals surface area contributed by atoms with E-state index in [1.165, 1.54) is 18.7 Å². The van der Waals surface area contributed by atoms with Crippen LogP contribution < -0.4 is 0 Å². The molecule has 0 aliphatic rings. The summed E-state index contributed by atoms with van der Waals surface area (Å²) in [6, 6.07) is 0. The van der Waals surface area contributed by atoms with Crippen LogP contribution in [-0.2, 0) is 14.3 Å². The number of thioether (sulfide) groups is 1. The minimum atomic E-state index is -2.16. The Hall–Kier alpha value is -1.70. The van der Waals surface area contributed by atoms with Crippen LogP contribution in [0.1, 0.15) is 41.8 Å². The number of carbonyl (C=O) groups excluding carboxylic acids is 2. The average molecular weight is 316 g/mol. The summed E-state index contributed by atoms with van der Waals surface area (Å²) >= 11 is 1.18. The van der Waals surface area contributed by atoms with Crippen LogP contribution in [0.5, 0.6) is 0 Å². The lowest BCUT2D eigenvalue weighted by Crippen LogP contribution is -2.20.